The number of hydrogen-bond donors (Lipinski definition) is 1. The molecule has 0 aromatic carbocycles. The van der Waals surface area contributed by atoms with Crippen molar-refractivity contribution in [3.05, 3.63) is 0 Å². The second-order valence-electron chi connectivity index (χ2n) is 6.17. The molecule has 1 N–H and O–H groups in total. The fourth-order valence-electron chi connectivity index (χ4n) is 3.43. The van der Waals surface area contributed by atoms with Crippen molar-refractivity contribution in [3.8, 4) is 0 Å². The molecule has 106 valence electrons. The molecule has 2 heterocycles. The van der Waals surface area contributed by atoms with Crippen LogP contribution in [0.2, 0.25) is 0 Å². The summed E-state index contributed by atoms with van der Waals surface area (Å²) < 4.78 is 29.3. The van der Waals surface area contributed by atoms with Gasteiger partial charge in [0.25, 0.3) is 0 Å². The summed E-state index contributed by atoms with van der Waals surface area (Å²) >= 11 is 0. The maximum Gasteiger partial charge on any atom is 0.153 e. The Morgan fingerprint density at radius 1 is 1.39 bits per heavy atom. The van der Waals surface area contributed by atoms with Gasteiger partial charge in [0.05, 0.1) is 17.6 Å². The minimum absolute atomic E-state index is 0.0256. The van der Waals surface area contributed by atoms with Gasteiger partial charge in [0, 0.05) is 12.6 Å². The molecule has 0 aromatic heterocycles. The van der Waals surface area contributed by atoms with Crippen LogP contribution in [0.5, 0.6) is 0 Å². The van der Waals surface area contributed by atoms with Gasteiger partial charge in [-0.25, -0.2) is 8.42 Å². The predicted molar refractivity (Wildman–Crippen MR) is 72.4 cm³/mol. The first kappa shape index (κ1) is 14.3. The Kier molecular flexibility index (Phi) is 4.34. The molecule has 3 atom stereocenters. The van der Waals surface area contributed by atoms with Crippen LogP contribution in [0, 0.1) is 5.92 Å². The summed E-state index contributed by atoms with van der Waals surface area (Å²) in [6.45, 7) is 3.78. The van der Waals surface area contributed by atoms with Crippen molar-refractivity contribution in [3.63, 3.8) is 0 Å². The van der Waals surface area contributed by atoms with Crippen LogP contribution < -0.4 is 5.32 Å². The minimum Gasteiger partial charge on any atom is -0.383 e. The van der Waals surface area contributed by atoms with E-state index in [0.717, 1.165) is 38.6 Å². The first-order valence-electron chi connectivity index (χ1n) is 6.91. The van der Waals surface area contributed by atoms with Gasteiger partial charge in [-0.1, -0.05) is 6.42 Å². The summed E-state index contributed by atoms with van der Waals surface area (Å²) in [6, 6.07) is 0. The van der Waals surface area contributed by atoms with E-state index in [1.165, 1.54) is 0 Å². The van der Waals surface area contributed by atoms with Gasteiger partial charge in [0.2, 0.25) is 0 Å². The normalized spacial score (nSPS) is 39.9. The number of nitrogens with one attached hydrogen (secondary N) is 1. The maximum absolute atomic E-state index is 12.0. The summed E-state index contributed by atoms with van der Waals surface area (Å²) in [6.07, 6.45) is 4.63. The molecule has 0 spiro atoms. The van der Waals surface area contributed by atoms with E-state index in [1.807, 2.05) is 0 Å². The lowest BCUT2D eigenvalue weighted by Gasteiger charge is -2.26. The van der Waals surface area contributed by atoms with E-state index in [4.69, 9.17) is 4.74 Å². The Morgan fingerprint density at radius 3 is 2.83 bits per heavy atom. The first-order chi connectivity index (χ1) is 8.45. The van der Waals surface area contributed by atoms with Gasteiger partial charge < -0.3 is 10.1 Å². The average molecular weight is 275 g/mol. The van der Waals surface area contributed by atoms with E-state index in [2.05, 4.69) is 12.2 Å². The zero-order valence-corrected chi connectivity index (χ0v) is 12.3. The van der Waals surface area contributed by atoms with Crippen LogP contribution in [0.25, 0.3) is 0 Å². The molecule has 2 fully saturated rings. The van der Waals surface area contributed by atoms with Crippen molar-refractivity contribution in [2.24, 2.45) is 5.92 Å². The van der Waals surface area contributed by atoms with Crippen LogP contribution >= 0.6 is 0 Å². The highest BCUT2D eigenvalue weighted by Crippen LogP contribution is 2.32. The topological polar surface area (TPSA) is 55.4 Å². The Bertz CT molecular complexity index is 382. The summed E-state index contributed by atoms with van der Waals surface area (Å²) in [4.78, 5) is 0. The molecule has 2 rings (SSSR count). The van der Waals surface area contributed by atoms with Gasteiger partial charge in [0.15, 0.2) is 9.84 Å². The maximum atomic E-state index is 12.0. The van der Waals surface area contributed by atoms with Crippen LogP contribution in [0.4, 0.5) is 0 Å². The molecule has 2 saturated heterocycles. The van der Waals surface area contributed by atoms with Crippen LogP contribution in [-0.4, -0.2) is 45.2 Å². The predicted octanol–water partition coefficient (Wildman–Crippen LogP) is 1.36. The molecule has 0 radical (unpaired) electrons. The Labute approximate surface area is 110 Å². The second kappa shape index (κ2) is 5.47. The van der Waals surface area contributed by atoms with E-state index in [0.29, 0.717) is 18.3 Å². The van der Waals surface area contributed by atoms with Crippen molar-refractivity contribution in [2.75, 3.05) is 26.0 Å². The molecule has 5 heteroatoms. The Morgan fingerprint density at radius 2 is 2.17 bits per heavy atom. The number of hydrogen-bond acceptors (Lipinski definition) is 4. The van der Waals surface area contributed by atoms with E-state index >= 15 is 0 Å². The highest BCUT2D eigenvalue weighted by molar-refractivity contribution is 7.92. The van der Waals surface area contributed by atoms with Crippen LogP contribution in [-0.2, 0) is 14.6 Å². The monoisotopic (exact) mass is 275 g/mol. The highest BCUT2D eigenvalue weighted by Gasteiger charge is 2.38. The Hall–Kier alpha value is -0.130. The van der Waals surface area contributed by atoms with E-state index in [1.54, 1.807) is 7.11 Å². The smallest absolute Gasteiger partial charge is 0.153 e. The van der Waals surface area contributed by atoms with Crippen molar-refractivity contribution < 1.29 is 13.2 Å². The van der Waals surface area contributed by atoms with Gasteiger partial charge in [-0.05, 0) is 45.1 Å². The Balaban J connectivity index is 1.91. The molecule has 0 aliphatic carbocycles. The molecule has 0 aromatic rings. The van der Waals surface area contributed by atoms with Gasteiger partial charge in [0.1, 0.15) is 0 Å². The summed E-state index contributed by atoms with van der Waals surface area (Å²) in [5, 5.41) is 3.39. The van der Waals surface area contributed by atoms with Crippen LogP contribution in [0.3, 0.4) is 0 Å². The second-order valence-corrected chi connectivity index (χ2v) is 8.57. The third-order valence-corrected chi connectivity index (χ3v) is 6.63. The molecule has 0 bridgehead atoms. The summed E-state index contributed by atoms with van der Waals surface area (Å²) in [5.41, 5.74) is 0.0256. The molecule has 0 saturated carbocycles. The third kappa shape index (κ3) is 3.25. The lowest BCUT2D eigenvalue weighted by molar-refractivity contribution is 0.128. The molecule has 3 unspecified atom stereocenters. The lowest BCUT2D eigenvalue weighted by Crippen LogP contribution is -2.40. The van der Waals surface area contributed by atoms with E-state index < -0.39 is 9.84 Å². The zero-order chi connectivity index (χ0) is 13.2. The molecule has 0 amide bonds. The van der Waals surface area contributed by atoms with E-state index in [-0.39, 0.29) is 10.8 Å². The SMILES string of the molecule is COCC1(C)CC(CC2CCCCS2(=O)=O)CN1. The van der Waals surface area contributed by atoms with Gasteiger partial charge in [-0.3, -0.25) is 0 Å². The molecular weight excluding hydrogens is 250 g/mol. The molecule has 4 nitrogen and oxygen atoms in total. The first-order valence-corrected chi connectivity index (χ1v) is 8.62. The quantitative estimate of drug-likeness (QED) is 0.841. The van der Waals surface area contributed by atoms with Crippen molar-refractivity contribution in [1.82, 2.24) is 5.32 Å². The minimum atomic E-state index is -2.82. The summed E-state index contributed by atoms with van der Waals surface area (Å²) in [5.74, 6) is 0.871. The van der Waals surface area contributed by atoms with Crippen LogP contribution in [0.15, 0.2) is 0 Å². The van der Waals surface area contributed by atoms with Crippen molar-refractivity contribution in [1.29, 1.82) is 0 Å². The average Bonchev–Trinajstić information content (AvgIpc) is 2.64. The van der Waals surface area contributed by atoms with Gasteiger partial charge in [-0.15, -0.1) is 0 Å². The van der Waals surface area contributed by atoms with Gasteiger partial charge >= 0.3 is 0 Å². The fourth-order valence-corrected chi connectivity index (χ4v) is 5.46. The molecule has 2 aliphatic heterocycles. The number of rotatable bonds is 4. The molecular formula is C13H25NO3S. The lowest BCUT2D eigenvalue weighted by atomic mass is 9.91. The molecule has 2 aliphatic rings. The number of sulfone groups is 1. The fraction of sp³-hybridized carbons (Fsp3) is 1.00. The van der Waals surface area contributed by atoms with Crippen molar-refractivity contribution in [2.45, 2.75) is 49.8 Å². The standard InChI is InChI=1S/C13H25NO3S/c1-13(10-17-2)8-11(9-14-13)7-12-5-3-4-6-18(12,15)16/h11-12,14H,3-10H2,1-2H3. The zero-order valence-electron chi connectivity index (χ0n) is 11.4. The molecule has 18 heavy (non-hydrogen) atoms. The van der Waals surface area contributed by atoms with Crippen molar-refractivity contribution >= 4 is 9.84 Å². The number of ether oxygens (including phenoxy) is 1. The highest BCUT2D eigenvalue weighted by atomic mass is 32.2. The third-order valence-electron chi connectivity index (χ3n) is 4.33. The van der Waals surface area contributed by atoms with Crippen LogP contribution in [0.1, 0.15) is 39.0 Å². The summed E-state index contributed by atoms with van der Waals surface area (Å²) in [7, 11) is -1.11. The van der Waals surface area contributed by atoms with E-state index in [9.17, 15) is 8.42 Å². The number of methoxy groups -OCH3 is 1. The van der Waals surface area contributed by atoms with Gasteiger partial charge in [-0.2, -0.15) is 0 Å². The largest absolute Gasteiger partial charge is 0.383 e.